The van der Waals surface area contributed by atoms with E-state index in [1.165, 1.54) is 23.9 Å². The molecular weight excluding hydrogens is 360 g/mol. The number of aromatic nitrogens is 3. The van der Waals surface area contributed by atoms with Crippen molar-refractivity contribution in [1.29, 1.82) is 5.41 Å². The Hall–Kier alpha value is -2.99. The van der Waals surface area contributed by atoms with Crippen molar-refractivity contribution in [3.05, 3.63) is 71.4 Å². The van der Waals surface area contributed by atoms with Gasteiger partial charge in [-0.2, -0.15) is 0 Å². The Balaban J connectivity index is 1.57. The first kappa shape index (κ1) is 19.3. The van der Waals surface area contributed by atoms with E-state index in [2.05, 4.69) is 22.0 Å². The van der Waals surface area contributed by atoms with E-state index in [1.54, 1.807) is 6.08 Å². The second-order valence-electron chi connectivity index (χ2n) is 7.64. The summed E-state index contributed by atoms with van der Waals surface area (Å²) in [7, 11) is 0. The number of H-pyrrole nitrogens is 1. The minimum Gasteiger partial charge on any atom is -0.402 e. The van der Waals surface area contributed by atoms with Crippen LogP contribution in [0.4, 0.5) is 0 Å². The predicted molar refractivity (Wildman–Crippen MR) is 117 cm³/mol. The summed E-state index contributed by atoms with van der Waals surface area (Å²) < 4.78 is 0. The van der Waals surface area contributed by atoms with Crippen molar-refractivity contribution in [1.82, 2.24) is 19.9 Å². The van der Waals surface area contributed by atoms with Gasteiger partial charge in [-0.15, -0.1) is 0 Å². The molecule has 1 aliphatic carbocycles. The van der Waals surface area contributed by atoms with Crippen molar-refractivity contribution in [3.8, 4) is 0 Å². The number of rotatable bonds is 8. The zero-order valence-corrected chi connectivity index (χ0v) is 16.6. The number of hydrogen-bond acceptors (Lipinski definition) is 5. The molecule has 1 atom stereocenters. The summed E-state index contributed by atoms with van der Waals surface area (Å²) in [6.45, 7) is 1.66. The molecule has 2 heterocycles. The molecule has 4 N–H and O–H groups in total. The van der Waals surface area contributed by atoms with Gasteiger partial charge in [0.05, 0.1) is 29.3 Å². The fourth-order valence-corrected chi connectivity index (χ4v) is 4.23. The predicted octanol–water partition coefficient (Wildman–Crippen LogP) is 4.11. The number of fused-ring (bicyclic) bond motifs is 2. The summed E-state index contributed by atoms with van der Waals surface area (Å²) in [4.78, 5) is 15.5. The maximum atomic E-state index is 7.18. The summed E-state index contributed by atoms with van der Waals surface area (Å²) in [6, 6.07) is 12.7. The summed E-state index contributed by atoms with van der Waals surface area (Å²) in [5, 5.41) is 7.18. The highest BCUT2D eigenvalue weighted by Gasteiger charge is 2.27. The Labute approximate surface area is 171 Å². The lowest BCUT2D eigenvalue weighted by atomic mass is 9.90. The molecule has 0 spiro atoms. The van der Waals surface area contributed by atoms with Crippen molar-refractivity contribution in [2.24, 2.45) is 5.73 Å². The summed E-state index contributed by atoms with van der Waals surface area (Å²) in [5.74, 6) is 0.984. The van der Waals surface area contributed by atoms with Crippen LogP contribution in [0.3, 0.4) is 0 Å². The zero-order valence-electron chi connectivity index (χ0n) is 16.6. The lowest BCUT2D eigenvalue weighted by Crippen LogP contribution is -2.33. The van der Waals surface area contributed by atoms with Crippen LogP contribution in [0.5, 0.6) is 0 Å². The normalized spacial score (nSPS) is 16.9. The van der Waals surface area contributed by atoms with Crippen LogP contribution < -0.4 is 5.73 Å². The Kier molecular flexibility index (Phi) is 6.00. The van der Waals surface area contributed by atoms with Gasteiger partial charge in [0.15, 0.2) is 0 Å². The number of pyridine rings is 1. The summed E-state index contributed by atoms with van der Waals surface area (Å²) in [6.07, 6.45) is 9.94. The average molecular weight is 389 g/mol. The molecule has 29 heavy (non-hydrogen) atoms. The molecule has 6 heteroatoms. The molecule has 1 aromatic carbocycles. The van der Waals surface area contributed by atoms with Crippen molar-refractivity contribution in [2.75, 3.05) is 6.54 Å². The number of nitrogens with one attached hydrogen (secondary N) is 2. The molecule has 0 saturated carbocycles. The maximum Gasteiger partial charge on any atom is 0.121 e. The van der Waals surface area contributed by atoms with E-state index in [1.807, 2.05) is 30.5 Å². The van der Waals surface area contributed by atoms with Crippen LogP contribution in [-0.2, 0) is 13.0 Å². The van der Waals surface area contributed by atoms with Crippen LogP contribution in [0, 0.1) is 5.41 Å². The van der Waals surface area contributed by atoms with Gasteiger partial charge >= 0.3 is 0 Å². The van der Waals surface area contributed by atoms with Gasteiger partial charge in [0.1, 0.15) is 5.82 Å². The summed E-state index contributed by atoms with van der Waals surface area (Å²) in [5.41, 5.74) is 11.4. The molecule has 0 radical (unpaired) electrons. The Bertz CT molecular complexity index is 972. The first-order chi connectivity index (χ1) is 14.2. The molecule has 0 bridgehead atoms. The van der Waals surface area contributed by atoms with Crippen LogP contribution in [0.15, 0.2) is 54.4 Å². The zero-order chi connectivity index (χ0) is 20.1. The molecule has 0 aliphatic heterocycles. The third-order valence-corrected chi connectivity index (χ3v) is 5.61. The first-order valence-corrected chi connectivity index (χ1v) is 10.3. The highest BCUT2D eigenvalue weighted by Crippen LogP contribution is 2.34. The number of allylic oxidation sites excluding steroid dienone is 2. The average Bonchev–Trinajstić information content (AvgIpc) is 3.15. The van der Waals surface area contributed by atoms with E-state index in [-0.39, 0.29) is 0 Å². The quantitative estimate of drug-likeness (QED) is 0.506. The highest BCUT2D eigenvalue weighted by molar-refractivity contribution is 5.74. The van der Waals surface area contributed by atoms with Gasteiger partial charge in [-0.1, -0.05) is 18.2 Å². The Morgan fingerprint density at radius 2 is 2.17 bits per heavy atom. The molecule has 0 amide bonds. The van der Waals surface area contributed by atoms with Crippen LogP contribution in [0.25, 0.3) is 11.0 Å². The Morgan fingerprint density at radius 3 is 3.03 bits per heavy atom. The molecular formula is C23H28N6. The molecule has 6 nitrogen and oxygen atoms in total. The van der Waals surface area contributed by atoms with Crippen LogP contribution in [0.1, 0.15) is 48.8 Å². The van der Waals surface area contributed by atoms with Gasteiger partial charge in [0.25, 0.3) is 0 Å². The smallest absolute Gasteiger partial charge is 0.121 e. The lowest BCUT2D eigenvalue weighted by Gasteiger charge is -2.34. The first-order valence-electron chi connectivity index (χ1n) is 10.3. The minimum atomic E-state index is 0.293. The number of nitrogens with two attached hydrogens (primary N) is 1. The fraction of sp³-hybridized carbons (Fsp3) is 0.348. The topological polar surface area (TPSA) is 94.7 Å². The van der Waals surface area contributed by atoms with Gasteiger partial charge in [-0.25, -0.2) is 4.98 Å². The number of aryl methyl sites for hydroxylation is 1. The molecule has 1 aliphatic rings. The highest BCUT2D eigenvalue weighted by atomic mass is 15.2. The second kappa shape index (κ2) is 9.01. The van der Waals surface area contributed by atoms with E-state index >= 15 is 0 Å². The molecule has 2 aromatic heterocycles. The molecule has 0 saturated heterocycles. The number of aromatic amines is 1. The molecule has 0 fully saturated rings. The summed E-state index contributed by atoms with van der Waals surface area (Å²) >= 11 is 0. The lowest BCUT2D eigenvalue weighted by molar-refractivity contribution is 0.160. The number of hydrogen-bond donors (Lipinski definition) is 3. The second-order valence-corrected chi connectivity index (χ2v) is 7.64. The Morgan fingerprint density at radius 1 is 1.28 bits per heavy atom. The van der Waals surface area contributed by atoms with E-state index in [4.69, 9.17) is 21.1 Å². The fourth-order valence-electron chi connectivity index (χ4n) is 4.23. The van der Waals surface area contributed by atoms with E-state index in [0.717, 1.165) is 61.3 Å². The van der Waals surface area contributed by atoms with E-state index in [9.17, 15) is 0 Å². The van der Waals surface area contributed by atoms with Gasteiger partial charge in [0, 0.05) is 18.1 Å². The van der Waals surface area contributed by atoms with Crippen LogP contribution in [-0.4, -0.2) is 32.6 Å². The number of imidazole rings is 1. The van der Waals surface area contributed by atoms with E-state index in [0.29, 0.717) is 6.04 Å². The van der Waals surface area contributed by atoms with Crippen molar-refractivity contribution < 1.29 is 0 Å². The van der Waals surface area contributed by atoms with Crippen molar-refractivity contribution in [3.63, 3.8) is 0 Å². The van der Waals surface area contributed by atoms with Gasteiger partial charge in [-0.05, 0) is 68.5 Å². The maximum absolute atomic E-state index is 7.18. The van der Waals surface area contributed by atoms with E-state index < -0.39 is 0 Å². The molecule has 3 aromatic rings. The molecule has 4 rings (SSSR count). The largest absolute Gasteiger partial charge is 0.402 e. The minimum absolute atomic E-state index is 0.293. The third-order valence-electron chi connectivity index (χ3n) is 5.61. The van der Waals surface area contributed by atoms with Crippen LogP contribution in [0.2, 0.25) is 0 Å². The number of benzene rings is 1. The van der Waals surface area contributed by atoms with Gasteiger partial charge < -0.3 is 16.1 Å². The van der Waals surface area contributed by atoms with Crippen molar-refractivity contribution >= 4 is 17.2 Å². The third kappa shape index (κ3) is 4.54. The molecule has 150 valence electrons. The van der Waals surface area contributed by atoms with Gasteiger partial charge in [0.2, 0.25) is 0 Å². The number of para-hydroxylation sites is 2. The molecule has 1 unspecified atom stereocenters. The number of nitrogens with zero attached hydrogens (tertiary/aromatic N) is 3. The SMILES string of the molecule is N=C/C=C(\N)CCCN(Cc1nc2ccccc2[nH]1)C1CCCc2cccnc21. The monoisotopic (exact) mass is 388 g/mol. The van der Waals surface area contributed by atoms with Gasteiger partial charge in [-0.3, -0.25) is 9.88 Å². The standard InChI is InChI=1S/C23H28N6/c24-13-12-18(25)8-5-15-29(16-22-27-19-9-1-2-10-20(19)28-22)21-11-3-6-17-7-4-14-26-23(17)21/h1-2,4,7,9-10,12-14,21,24H,3,5-6,8,11,15-16,25H2,(H,27,28)/b18-12-,24-13?. The van der Waals surface area contributed by atoms with Crippen LogP contribution >= 0.6 is 0 Å². The van der Waals surface area contributed by atoms with Crippen molar-refractivity contribution in [2.45, 2.75) is 44.7 Å².